The molecule has 3 heterocycles. The number of ether oxygens (including phenoxy) is 1. The zero-order valence-electron chi connectivity index (χ0n) is 14.3. The number of pyridine rings is 1. The van der Waals surface area contributed by atoms with Crippen molar-refractivity contribution in [2.45, 2.75) is 13.5 Å². The average Bonchev–Trinajstić information content (AvgIpc) is 2.63. The van der Waals surface area contributed by atoms with Gasteiger partial charge >= 0.3 is 0 Å². The molecular weight excluding hydrogens is 304 g/mol. The summed E-state index contributed by atoms with van der Waals surface area (Å²) in [4.78, 5) is 17.8. The van der Waals surface area contributed by atoms with Crippen LogP contribution in [0.4, 0.5) is 11.8 Å². The standard InChI is InChI=1S/C17H24N6O/c1-3-18-15-5-7-20-17(21-15)23-10-8-22(9-11-23)13-14-4-6-19-16(12-14)24-2/h4-7,12H,3,8-11,13H2,1-2H3,(H,18,20,21). The minimum absolute atomic E-state index is 0.666. The van der Waals surface area contributed by atoms with Gasteiger partial charge in [0, 0.05) is 57.7 Å². The molecular formula is C17H24N6O. The fourth-order valence-electron chi connectivity index (χ4n) is 2.80. The van der Waals surface area contributed by atoms with Crippen molar-refractivity contribution in [2.24, 2.45) is 0 Å². The molecule has 1 aliphatic rings. The second-order valence-electron chi connectivity index (χ2n) is 5.74. The summed E-state index contributed by atoms with van der Waals surface area (Å²) in [6.07, 6.45) is 3.61. The van der Waals surface area contributed by atoms with Crippen molar-refractivity contribution >= 4 is 11.8 Å². The minimum atomic E-state index is 0.666. The molecule has 1 fully saturated rings. The molecule has 0 saturated carbocycles. The number of methoxy groups -OCH3 is 1. The van der Waals surface area contributed by atoms with E-state index in [0.717, 1.165) is 51.0 Å². The number of anilines is 2. The summed E-state index contributed by atoms with van der Waals surface area (Å²) in [6, 6.07) is 5.94. The van der Waals surface area contributed by atoms with Gasteiger partial charge in [0.25, 0.3) is 0 Å². The third-order valence-electron chi connectivity index (χ3n) is 4.07. The molecule has 0 unspecified atom stereocenters. The predicted octanol–water partition coefficient (Wildman–Crippen LogP) is 1.63. The Balaban J connectivity index is 1.56. The lowest BCUT2D eigenvalue weighted by molar-refractivity contribution is 0.248. The lowest BCUT2D eigenvalue weighted by atomic mass is 10.2. The fraction of sp³-hybridized carbons (Fsp3) is 0.471. The van der Waals surface area contributed by atoms with E-state index in [-0.39, 0.29) is 0 Å². The van der Waals surface area contributed by atoms with Crippen molar-refractivity contribution in [3.8, 4) is 5.88 Å². The van der Waals surface area contributed by atoms with Gasteiger partial charge in [-0.25, -0.2) is 9.97 Å². The zero-order valence-corrected chi connectivity index (χ0v) is 14.3. The molecule has 1 aliphatic heterocycles. The Morgan fingerprint density at radius 2 is 1.92 bits per heavy atom. The van der Waals surface area contributed by atoms with E-state index < -0.39 is 0 Å². The van der Waals surface area contributed by atoms with Crippen molar-refractivity contribution in [3.63, 3.8) is 0 Å². The van der Waals surface area contributed by atoms with Crippen LogP contribution in [-0.2, 0) is 6.54 Å². The van der Waals surface area contributed by atoms with Gasteiger partial charge in [0.1, 0.15) is 5.82 Å². The molecule has 7 heteroatoms. The van der Waals surface area contributed by atoms with Crippen LogP contribution in [0, 0.1) is 0 Å². The van der Waals surface area contributed by atoms with Crippen molar-refractivity contribution in [3.05, 3.63) is 36.2 Å². The SMILES string of the molecule is CCNc1ccnc(N2CCN(Cc3ccnc(OC)c3)CC2)n1. The van der Waals surface area contributed by atoms with E-state index in [1.54, 1.807) is 13.3 Å². The lowest BCUT2D eigenvalue weighted by Gasteiger charge is -2.34. The number of piperazine rings is 1. The first-order chi connectivity index (χ1) is 11.8. The van der Waals surface area contributed by atoms with Crippen molar-refractivity contribution in [1.82, 2.24) is 19.9 Å². The first kappa shape index (κ1) is 16.4. The summed E-state index contributed by atoms with van der Waals surface area (Å²) in [5.74, 6) is 2.35. The van der Waals surface area contributed by atoms with Gasteiger partial charge in [-0.05, 0) is 24.6 Å². The topological polar surface area (TPSA) is 66.4 Å². The summed E-state index contributed by atoms with van der Waals surface area (Å²) >= 11 is 0. The molecule has 128 valence electrons. The molecule has 0 aliphatic carbocycles. The molecule has 2 aromatic rings. The van der Waals surface area contributed by atoms with Crippen LogP contribution >= 0.6 is 0 Å². The zero-order chi connectivity index (χ0) is 16.8. The van der Waals surface area contributed by atoms with Gasteiger partial charge in [0.2, 0.25) is 11.8 Å². The van der Waals surface area contributed by atoms with Gasteiger partial charge in [-0.1, -0.05) is 0 Å². The summed E-state index contributed by atoms with van der Waals surface area (Å²) in [7, 11) is 1.65. The largest absolute Gasteiger partial charge is 0.481 e. The van der Waals surface area contributed by atoms with E-state index in [9.17, 15) is 0 Å². The maximum absolute atomic E-state index is 5.19. The smallest absolute Gasteiger partial charge is 0.227 e. The van der Waals surface area contributed by atoms with Gasteiger partial charge < -0.3 is 15.0 Å². The number of nitrogens with zero attached hydrogens (tertiary/aromatic N) is 5. The Morgan fingerprint density at radius 1 is 1.12 bits per heavy atom. The molecule has 1 N–H and O–H groups in total. The highest BCUT2D eigenvalue weighted by Gasteiger charge is 2.19. The number of aromatic nitrogens is 3. The van der Waals surface area contributed by atoms with E-state index in [1.165, 1.54) is 5.56 Å². The Kier molecular flexibility index (Phi) is 5.43. The number of rotatable bonds is 6. The normalized spacial score (nSPS) is 15.3. The minimum Gasteiger partial charge on any atom is -0.481 e. The molecule has 0 aromatic carbocycles. The first-order valence-electron chi connectivity index (χ1n) is 8.31. The fourth-order valence-corrected chi connectivity index (χ4v) is 2.80. The van der Waals surface area contributed by atoms with E-state index >= 15 is 0 Å². The second-order valence-corrected chi connectivity index (χ2v) is 5.74. The summed E-state index contributed by atoms with van der Waals surface area (Å²) in [6.45, 7) is 7.66. The van der Waals surface area contributed by atoms with Gasteiger partial charge in [-0.3, -0.25) is 4.90 Å². The highest BCUT2D eigenvalue weighted by atomic mass is 16.5. The van der Waals surface area contributed by atoms with Crippen molar-refractivity contribution < 1.29 is 4.74 Å². The number of nitrogens with one attached hydrogen (secondary N) is 1. The van der Waals surface area contributed by atoms with Crippen molar-refractivity contribution in [1.29, 1.82) is 0 Å². The van der Waals surface area contributed by atoms with E-state index in [4.69, 9.17) is 4.74 Å². The van der Waals surface area contributed by atoms with Gasteiger partial charge in [0.15, 0.2) is 0 Å². The third-order valence-corrected chi connectivity index (χ3v) is 4.07. The Hall–Kier alpha value is -2.41. The molecule has 0 bridgehead atoms. The summed E-state index contributed by atoms with van der Waals surface area (Å²) < 4.78 is 5.19. The van der Waals surface area contributed by atoms with Crippen LogP contribution in [0.2, 0.25) is 0 Å². The summed E-state index contributed by atoms with van der Waals surface area (Å²) in [5.41, 5.74) is 1.22. The van der Waals surface area contributed by atoms with E-state index in [1.807, 2.05) is 24.4 Å². The van der Waals surface area contributed by atoms with Gasteiger partial charge in [-0.15, -0.1) is 0 Å². The predicted molar refractivity (Wildman–Crippen MR) is 94.5 cm³/mol. The molecule has 24 heavy (non-hydrogen) atoms. The van der Waals surface area contributed by atoms with Crippen LogP contribution < -0.4 is 15.0 Å². The molecule has 3 rings (SSSR count). The maximum atomic E-state index is 5.19. The van der Waals surface area contributed by atoms with Crippen LogP contribution in [0.1, 0.15) is 12.5 Å². The maximum Gasteiger partial charge on any atom is 0.227 e. The van der Waals surface area contributed by atoms with Crippen LogP contribution in [0.15, 0.2) is 30.6 Å². The van der Waals surface area contributed by atoms with Crippen LogP contribution in [0.3, 0.4) is 0 Å². The molecule has 0 radical (unpaired) electrons. The monoisotopic (exact) mass is 328 g/mol. The lowest BCUT2D eigenvalue weighted by Crippen LogP contribution is -2.46. The molecule has 0 amide bonds. The van der Waals surface area contributed by atoms with Crippen LogP contribution in [-0.4, -0.2) is 59.7 Å². The Bertz CT molecular complexity index is 657. The summed E-state index contributed by atoms with van der Waals surface area (Å²) in [5, 5.41) is 3.23. The molecule has 1 saturated heterocycles. The van der Waals surface area contributed by atoms with Gasteiger partial charge in [-0.2, -0.15) is 4.98 Å². The highest BCUT2D eigenvalue weighted by Crippen LogP contribution is 2.16. The molecule has 2 aromatic heterocycles. The number of hydrogen-bond acceptors (Lipinski definition) is 7. The van der Waals surface area contributed by atoms with Crippen molar-refractivity contribution in [2.75, 3.05) is 50.1 Å². The Labute approximate surface area is 142 Å². The van der Waals surface area contributed by atoms with E-state index in [2.05, 4.69) is 37.0 Å². The third kappa shape index (κ3) is 4.11. The number of hydrogen-bond donors (Lipinski definition) is 1. The molecule has 0 atom stereocenters. The van der Waals surface area contributed by atoms with Crippen LogP contribution in [0.5, 0.6) is 5.88 Å². The van der Waals surface area contributed by atoms with Gasteiger partial charge in [0.05, 0.1) is 7.11 Å². The van der Waals surface area contributed by atoms with Crippen LogP contribution in [0.25, 0.3) is 0 Å². The highest BCUT2D eigenvalue weighted by molar-refractivity contribution is 5.41. The Morgan fingerprint density at radius 3 is 2.67 bits per heavy atom. The first-order valence-corrected chi connectivity index (χ1v) is 8.31. The van der Waals surface area contributed by atoms with E-state index in [0.29, 0.717) is 5.88 Å². The second kappa shape index (κ2) is 7.92. The quantitative estimate of drug-likeness (QED) is 0.864. The molecule has 7 nitrogen and oxygen atoms in total. The molecule has 0 spiro atoms. The average molecular weight is 328 g/mol.